The van der Waals surface area contributed by atoms with E-state index < -0.39 is 17.7 Å². The molecule has 6 N–H and O–H groups in total. The van der Waals surface area contributed by atoms with Crippen molar-refractivity contribution in [1.29, 1.82) is 0 Å². The summed E-state index contributed by atoms with van der Waals surface area (Å²) >= 11 is 0. The second-order valence-electron chi connectivity index (χ2n) is 9.96. The molecule has 0 amide bonds. The van der Waals surface area contributed by atoms with Crippen LogP contribution in [0.15, 0.2) is 106 Å². The molecule has 0 aliphatic carbocycles. The number of carbonyl (C=O) groups excluding carboxylic acids is 1. The number of ketones is 1. The molecule has 232 valence electrons. The van der Waals surface area contributed by atoms with E-state index in [0.717, 1.165) is 11.1 Å². The molecule has 0 spiro atoms. The van der Waals surface area contributed by atoms with Crippen molar-refractivity contribution in [2.45, 2.75) is 26.7 Å². The SMILES string of the molecule is CNN1C(C)=C(Cc2ccccc2)N(NC)C(C(=O)O)=C1C(=O)C1=C(C(=O)O)N(NC)C(Cc2ccccc2)=C(C)N1NC. The number of hydrazine groups is 4. The van der Waals surface area contributed by atoms with Gasteiger partial charge in [0.15, 0.2) is 11.4 Å². The Morgan fingerprint density at radius 2 is 0.864 bits per heavy atom. The smallest absolute Gasteiger partial charge is 0.356 e. The molecule has 2 aliphatic rings. The summed E-state index contributed by atoms with van der Waals surface area (Å²) in [5, 5.41) is 26.6. The highest BCUT2D eigenvalue weighted by Crippen LogP contribution is 2.37. The van der Waals surface area contributed by atoms with Crippen LogP contribution in [0.2, 0.25) is 0 Å². The minimum atomic E-state index is -1.38. The van der Waals surface area contributed by atoms with Gasteiger partial charge in [-0.3, -0.25) is 24.8 Å². The number of carboxylic acids is 2. The second kappa shape index (κ2) is 13.6. The standard InChI is InChI=1S/C31H38N8O5/c1-19-23(17-21-13-9-7-10-14-21)38(34-5)27(30(41)42)25(36(19)32-3)29(40)26-28(31(43)44)39(35-6)24(20(2)37(26)33-4)18-22-15-11-8-12-16-22/h7-16,32-35H,17-18H2,1-6H3,(H,41,42)(H,43,44). The van der Waals surface area contributed by atoms with Crippen LogP contribution < -0.4 is 21.7 Å². The molecule has 13 heteroatoms. The number of nitrogens with one attached hydrogen (secondary N) is 4. The molecule has 0 radical (unpaired) electrons. The van der Waals surface area contributed by atoms with E-state index in [9.17, 15) is 24.6 Å². The molecule has 0 fully saturated rings. The lowest BCUT2D eigenvalue weighted by molar-refractivity contribution is -0.135. The maximum absolute atomic E-state index is 14.7. The Morgan fingerprint density at radius 3 is 1.14 bits per heavy atom. The minimum Gasteiger partial charge on any atom is -0.476 e. The minimum absolute atomic E-state index is 0.270. The summed E-state index contributed by atoms with van der Waals surface area (Å²) in [6, 6.07) is 19.0. The van der Waals surface area contributed by atoms with Crippen LogP contribution in [0, 0.1) is 0 Å². The predicted octanol–water partition coefficient (Wildman–Crippen LogP) is 1.87. The predicted molar refractivity (Wildman–Crippen MR) is 164 cm³/mol. The number of hydrogen-bond donors (Lipinski definition) is 6. The van der Waals surface area contributed by atoms with E-state index in [1.54, 1.807) is 42.0 Å². The van der Waals surface area contributed by atoms with Crippen LogP contribution in [-0.4, -0.2) is 76.2 Å². The van der Waals surface area contributed by atoms with Crippen molar-refractivity contribution >= 4 is 17.7 Å². The van der Waals surface area contributed by atoms with Gasteiger partial charge in [-0.05, 0) is 25.0 Å². The molecule has 2 aromatic carbocycles. The topological polar surface area (TPSA) is 153 Å². The van der Waals surface area contributed by atoms with Gasteiger partial charge in [0.05, 0.1) is 22.8 Å². The Kier molecular flexibility index (Phi) is 9.86. The van der Waals surface area contributed by atoms with Crippen molar-refractivity contribution in [3.05, 3.63) is 117 Å². The maximum Gasteiger partial charge on any atom is 0.356 e. The Labute approximate surface area is 256 Å². The fourth-order valence-corrected chi connectivity index (χ4v) is 5.58. The Bertz CT molecular complexity index is 1450. The van der Waals surface area contributed by atoms with Gasteiger partial charge in [-0.25, -0.2) is 31.3 Å². The number of nitrogens with zero attached hydrogens (tertiary/aromatic N) is 4. The molecule has 4 rings (SSSR count). The maximum atomic E-state index is 14.7. The third kappa shape index (κ3) is 5.81. The number of carboxylic acid groups (broad SMARTS) is 2. The van der Waals surface area contributed by atoms with Crippen LogP contribution in [0.25, 0.3) is 0 Å². The number of rotatable bonds is 12. The quantitative estimate of drug-likeness (QED) is 0.210. The van der Waals surface area contributed by atoms with Gasteiger partial charge < -0.3 is 10.2 Å². The van der Waals surface area contributed by atoms with E-state index in [1.807, 2.05) is 60.7 Å². The zero-order valence-corrected chi connectivity index (χ0v) is 25.6. The number of benzene rings is 2. The number of carbonyl (C=O) groups is 3. The van der Waals surface area contributed by atoms with Crippen molar-refractivity contribution in [2.24, 2.45) is 0 Å². The van der Waals surface area contributed by atoms with Gasteiger partial charge >= 0.3 is 11.9 Å². The fourth-order valence-electron chi connectivity index (χ4n) is 5.58. The third-order valence-corrected chi connectivity index (χ3v) is 7.55. The molecule has 13 nitrogen and oxygen atoms in total. The lowest BCUT2D eigenvalue weighted by Gasteiger charge is -2.43. The zero-order valence-electron chi connectivity index (χ0n) is 25.6. The van der Waals surface area contributed by atoms with E-state index >= 15 is 0 Å². The van der Waals surface area contributed by atoms with Gasteiger partial charge in [0.1, 0.15) is 11.4 Å². The molecule has 2 aromatic rings. The van der Waals surface area contributed by atoms with Gasteiger partial charge in [0.2, 0.25) is 5.78 Å². The van der Waals surface area contributed by atoms with Crippen LogP contribution in [-0.2, 0) is 27.2 Å². The van der Waals surface area contributed by atoms with Crippen LogP contribution in [0.4, 0.5) is 0 Å². The van der Waals surface area contributed by atoms with Crippen molar-refractivity contribution < 1.29 is 24.6 Å². The first-order chi connectivity index (χ1) is 21.1. The molecular weight excluding hydrogens is 564 g/mol. The Morgan fingerprint density at radius 1 is 0.545 bits per heavy atom. The number of Topliss-reactive ketones (excluding diaryl/α,β-unsaturated/α-hetero) is 1. The molecule has 0 aromatic heterocycles. The summed E-state index contributed by atoms with van der Waals surface area (Å²) in [4.78, 5) is 40.6. The molecule has 2 heterocycles. The molecule has 0 saturated heterocycles. The van der Waals surface area contributed by atoms with Crippen LogP contribution in [0.1, 0.15) is 25.0 Å². The van der Waals surface area contributed by atoms with Crippen LogP contribution >= 0.6 is 0 Å². The Balaban J connectivity index is 1.92. The van der Waals surface area contributed by atoms with Gasteiger partial charge in [-0.1, -0.05) is 60.7 Å². The molecule has 2 aliphatic heterocycles. The highest BCUT2D eigenvalue weighted by Gasteiger charge is 2.44. The second-order valence-corrected chi connectivity index (χ2v) is 9.96. The zero-order chi connectivity index (χ0) is 32.1. The summed E-state index contributed by atoms with van der Waals surface area (Å²) < 4.78 is 0. The lowest BCUT2D eigenvalue weighted by atomic mass is 10.00. The summed E-state index contributed by atoms with van der Waals surface area (Å²) in [5.41, 5.74) is 14.6. The van der Waals surface area contributed by atoms with Gasteiger partial charge in [-0.15, -0.1) is 0 Å². The monoisotopic (exact) mass is 602 g/mol. The van der Waals surface area contributed by atoms with Crippen molar-refractivity contribution in [3.8, 4) is 0 Å². The molecule has 0 bridgehead atoms. The van der Waals surface area contributed by atoms with Crippen molar-refractivity contribution in [3.63, 3.8) is 0 Å². The first-order valence-corrected chi connectivity index (χ1v) is 14.0. The van der Waals surface area contributed by atoms with E-state index in [0.29, 0.717) is 35.6 Å². The summed E-state index contributed by atoms with van der Waals surface area (Å²) in [5.74, 6) is -3.60. The van der Waals surface area contributed by atoms with E-state index in [4.69, 9.17) is 0 Å². The molecule has 0 saturated carbocycles. The van der Waals surface area contributed by atoms with Crippen molar-refractivity contribution in [2.75, 3.05) is 28.2 Å². The summed E-state index contributed by atoms with van der Waals surface area (Å²) in [6.07, 6.45) is 0.710. The first kappa shape index (κ1) is 32.0. The van der Waals surface area contributed by atoms with Crippen LogP contribution in [0.3, 0.4) is 0 Å². The Hall–Kier alpha value is -4.95. The number of hydrogen-bond acceptors (Lipinski definition) is 11. The lowest BCUT2D eigenvalue weighted by Crippen LogP contribution is -2.53. The number of allylic oxidation sites excluding steroid dienone is 4. The molecule has 0 atom stereocenters. The molecular formula is C31H38N8O5. The summed E-state index contributed by atoms with van der Waals surface area (Å²) in [6.45, 7) is 3.52. The first-order valence-electron chi connectivity index (χ1n) is 14.0. The molecule has 0 unspecified atom stereocenters. The van der Waals surface area contributed by atoms with Gasteiger partial charge in [-0.2, -0.15) is 0 Å². The highest BCUT2D eigenvalue weighted by atomic mass is 16.4. The number of aliphatic carboxylic acids is 2. The van der Waals surface area contributed by atoms with E-state index in [2.05, 4.69) is 21.7 Å². The average Bonchev–Trinajstić information content (AvgIpc) is 3.02. The normalized spacial score (nSPS) is 16.0. The third-order valence-electron chi connectivity index (χ3n) is 7.55. The van der Waals surface area contributed by atoms with E-state index in [-0.39, 0.29) is 22.8 Å². The fraction of sp³-hybridized carbons (Fsp3) is 0.258. The van der Waals surface area contributed by atoms with Crippen LogP contribution in [0.5, 0.6) is 0 Å². The average molecular weight is 603 g/mol. The summed E-state index contributed by atoms with van der Waals surface area (Å²) in [7, 11) is 6.26. The van der Waals surface area contributed by atoms with Gasteiger partial charge in [0.25, 0.3) is 0 Å². The van der Waals surface area contributed by atoms with Gasteiger partial charge in [0, 0.05) is 41.0 Å². The van der Waals surface area contributed by atoms with Crippen molar-refractivity contribution in [1.82, 2.24) is 41.7 Å². The molecule has 44 heavy (non-hydrogen) atoms. The largest absolute Gasteiger partial charge is 0.476 e. The highest BCUT2D eigenvalue weighted by molar-refractivity contribution is 6.15. The van der Waals surface area contributed by atoms with E-state index in [1.165, 1.54) is 20.0 Å².